The molecule has 1 saturated carbocycles. The van der Waals surface area contributed by atoms with Crippen molar-refractivity contribution < 1.29 is 9.15 Å². The molecule has 0 aromatic carbocycles. The maximum absolute atomic E-state index is 5.93. The van der Waals surface area contributed by atoms with E-state index in [-0.39, 0.29) is 0 Å². The van der Waals surface area contributed by atoms with Gasteiger partial charge in [-0.15, -0.1) is 10.2 Å². The van der Waals surface area contributed by atoms with Crippen LogP contribution in [0, 0.1) is 5.92 Å². The van der Waals surface area contributed by atoms with Crippen LogP contribution in [0.2, 0.25) is 0 Å². The van der Waals surface area contributed by atoms with Gasteiger partial charge >= 0.3 is 0 Å². The molecule has 1 atom stereocenters. The Balaban J connectivity index is 1.26. The van der Waals surface area contributed by atoms with Crippen molar-refractivity contribution in [1.29, 1.82) is 0 Å². The molecule has 2 saturated heterocycles. The second kappa shape index (κ2) is 7.31. The molecular formula is C18H29N3O2. The number of aromatic nitrogens is 2. The van der Waals surface area contributed by atoms with Crippen LogP contribution in [0.25, 0.3) is 0 Å². The molecular weight excluding hydrogens is 290 g/mol. The van der Waals surface area contributed by atoms with E-state index >= 15 is 0 Å². The first-order valence-corrected chi connectivity index (χ1v) is 9.52. The molecule has 5 heteroatoms. The fourth-order valence-corrected chi connectivity index (χ4v) is 4.22. The number of piperidine rings is 1. The van der Waals surface area contributed by atoms with E-state index in [1.165, 1.54) is 51.6 Å². The average molecular weight is 319 g/mol. The van der Waals surface area contributed by atoms with Crippen LogP contribution in [0.15, 0.2) is 4.42 Å². The van der Waals surface area contributed by atoms with Crippen LogP contribution in [0.3, 0.4) is 0 Å². The Bertz CT molecular complexity index is 494. The predicted octanol–water partition coefficient (Wildman–Crippen LogP) is 3.16. The number of rotatable bonds is 5. The number of nitrogens with zero attached hydrogens (tertiary/aromatic N) is 3. The molecule has 0 spiro atoms. The number of hydrogen-bond donors (Lipinski definition) is 0. The first-order chi connectivity index (χ1) is 11.4. The number of hydrogen-bond acceptors (Lipinski definition) is 5. The largest absolute Gasteiger partial charge is 0.425 e. The van der Waals surface area contributed by atoms with Gasteiger partial charge in [0.15, 0.2) is 0 Å². The van der Waals surface area contributed by atoms with Gasteiger partial charge in [0.25, 0.3) is 0 Å². The van der Waals surface area contributed by atoms with Crippen molar-refractivity contribution in [2.75, 3.05) is 26.3 Å². The highest BCUT2D eigenvalue weighted by molar-refractivity contribution is 4.93. The predicted molar refractivity (Wildman–Crippen MR) is 87.3 cm³/mol. The van der Waals surface area contributed by atoms with Gasteiger partial charge in [0, 0.05) is 38.1 Å². The van der Waals surface area contributed by atoms with E-state index in [1.54, 1.807) is 0 Å². The molecule has 0 radical (unpaired) electrons. The maximum atomic E-state index is 5.93. The molecule has 128 valence electrons. The van der Waals surface area contributed by atoms with Crippen LogP contribution in [-0.4, -0.2) is 47.4 Å². The van der Waals surface area contributed by atoms with E-state index < -0.39 is 0 Å². The van der Waals surface area contributed by atoms with Gasteiger partial charge in [-0.3, -0.25) is 0 Å². The molecule has 3 fully saturated rings. The monoisotopic (exact) mass is 319 g/mol. The molecule has 3 heterocycles. The average Bonchev–Trinajstić information content (AvgIpc) is 3.02. The van der Waals surface area contributed by atoms with Crippen molar-refractivity contribution in [2.45, 2.75) is 69.7 Å². The Morgan fingerprint density at radius 1 is 1.00 bits per heavy atom. The van der Waals surface area contributed by atoms with Crippen molar-refractivity contribution >= 4 is 0 Å². The molecule has 0 amide bonds. The fourth-order valence-electron chi connectivity index (χ4n) is 4.22. The Labute approximate surface area is 138 Å². The van der Waals surface area contributed by atoms with E-state index in [4.69, 9.17) is 9.15 Å². The van der Waals surface area contributed by atoms with E-state index in [9.17, 15) is 0 Å². The lowest BCUT2D eigenvalue weighted by molar-refractivity contribution is 0.0735. The number of likely N-dealkylation sites (tertiary alicyclic amines) is 1. The minimum Gasteiger partial charge on any atom is -0.425 e. The van der Waals surface area contributed by atoms with E-state index in [0.717, 1.165) is 56.2 Å². The second-order valence-corrected chi connectivity index (χ2v) is 7.55. The standard InChI is InChI=1S/C18H29N3O2/c1-4-16(5-1)21-10-2-3-14(13-21)6-7-17-19-20-18(23-17)15-8-11-22-12-9-15/h14-16H,1-13H2. The van der Waals surface area contributed by atoms with Crippen LogP contribution in [0.4, 0.5) is 0 Å². The van der Waals surface area contributed by atoms with Crippen LogP contribution in [0.5, 0.6) is 0 Å². The van der Waals surface area contributed by atoms with Gasteiger partial charge in [-0.25, -0.2) is 0 Å². The molecule has 5 nitrogen and oxygen atoms in total. The Morgan fingerprint density at radius 2 is 1.87 bits per heavy atom. The molecule has 1 aliphatic carbocycles. The van der Waals surface area contributed by atoms with E-state index in [2.05, 4.69) is 15.1 Å². The van der Waals surface area contributed by atoms with Crippen molar-refractivity contribution in [3.05, 3.63) is 11.8 Å². The molecule has 2 aliphatic heterocycles. The van der Waals surface area contributed by atoms with Gasteiger partial charge in [-0.1, -0.05) is 6.42 Å². The molecule has 0 N–H and O–H groups in total. The van der Waals surface area contributed by atoms with Gasteiger partial charge in [0.2, 0.25) is 11.8 Å². The summed E-state index contributed by atoms with van der Waals surface area (Å²) in [7, 11) is 0. The smallest absolute Gasteiger partial charge is 0.219 e. The topological polar surface area (TPSA) is 51.4 Å². The highest BCUT2D eigenvalue weighted by Crippen LogP contribution is 2.31. The molecule has 0 bridgehead atoms. The highest BCUT2D eigenvalue weighted by atomic mass is 16.5. The fraction of sp³-hybridized carbons (Fsp3) is 0.889. The summed E-state index contributed by atoms with van der Waals surface area (Å²) in [6, 6.07) is 0.890. The summed E-state index contributed by atoms with van der Waals surface area (Å²) in [5.41, 5.74) is 0. The normalized spacial score (nSPS) is 27.9. The van der Waals surface area contributed by atoms with E-state index in [0.29, 0.717) is 5.92 Å². The van der Waals surface area contributed by atoms with Crippen molar-refractivity contribution in [3.63, 3.8) is 0 Å². The summed E-state index contributed by atoms with van der Waals surface area (Å²) < 4.78 is 11.3. The lowest BCUT2D eigenvalue weighted by Gasteiger charge is -2.42. The molecule has 23 heavy (non-hydrogen) atoms. The molecule has 1 aromatic heterocycles. The molecule has 3 aliphatic rings. The van der Waals surface area contributed by atoms with Crippen molar-refractivity contribution in [1.82, 2.24) is 15.1 Å². The Morgan fingerprint density at radius 3 is 2.65 bits per heavy atom. The summed E-state index contributed by atoms with van der Waals surface area (Å²) in [5.74, 6) is 2.90. The minimum absolute atomic E-state index is 0.411. The number of ether oxygens (including phenoxy) is 1. The summed E-state index contributed by atoms with van der Waals surface area (Å²) in [4.78, 5) is 2.74. The van der Waals surface area contributed by atoms with Crippen LogP contribution in [-0.2, 0) is 11.2 Å². The molecule has 1 aromatic rings. The zero-order valence-electron chi connectivity index (χ0n) is 14.1. The third-order valence-corrected chi connectivity index (χ3v) is 5.96. The quantitative estimate of drug-likeness (QED) is 0.834. The summed E-state index contributed by atoms with van der Waals surface area (Å²) in [6.07, 6.45) is 11.2. The summed E-state index contributed by atoms with van der Waals surface area (Å²) in [5, 5.41) is 8.57. The minimum atomic E-state index is 0.411. The van der Waals surface area contributed by atoms with Gasteiger partial charge in [0.1, 0.15) is 0 Å². The third kappa shape index (κ3) is 3.77. The van der Waals surface area contributed by atoms with Gasteiger partial charge < -0.3 is 14.1 Å². The Kier molecular flexibility index (Phi) is 4.95. The van der Waals surface area contributed by atoms with Crippen LogP contribution >= 0.6 is 0 Å². The summed E-state index contributed by atoms with van der Waals surface area (Å²) >= 11 is 0. The lowest BCUT2D eigenvalue weighted by atomic mass is 9.86. The zero-order valence-corrected chi connectivity index (χ0v) is 14.1. The zero-order chi connectivity index (χ0) is 15.5. The first-order valence-electron chi connectivity index (χ1n) is 9.52. The third-order valence-electron chi connectivity index (χ3n) is 5.96. The van der Waals surface area contributed by atoms with Crippen LogP contribution in [0.1, 0.15) is 69.1 Å². The lowest BCUT2D eigenvalue weighted by Crippen LogP contribution is -2.45. The second-order valence-electron chi connectivity index (χ2n) is 7.55. The molecule has 4 rings (SSSR count). The van der Waals surface area contributed by atoms with Gasteiger partial charge in [0.05, 0.1) is 0 Å². The Hall–Kier alpha value is -0.940. The van der Waals surface area contributed by atoms with Crippen molar-refractivity contribution in [2.24, 2.45) is 5.92 Å². The molecule has 1 unspecified atom stereocenters. The number of aryl methyl sites for hydroxylation is 1. The first kappa shape index (κ1) is 15.6. The highest BCUT2D eigenvalue weighted by Gasteiger charge is 2.29. The van der Waals surface area contributed by atoms with Gasteiger partial charge in [-0.2, -0.15) is 0 Å². The van der Waals surface area contributed by atoms with Crippen LogP contribution < -0.4 is 0 Å². The maximum Gasteiger partial charge on any atom is 0.219 e. The van der Waals surface area contributed by atoms with Gasteiger partial charge in [-0.05, 0) is 57.4 Å². The van der Waals surface area contributed by atoms with Crippen molar-refractivity contribution in [3.8, 4) is 0 Å². The SMILES string of the molecule is C1CC(N2CCCC(CCc3nnc(C4CCOCC4)o3)C2)C1. The summed E-state index contributed by atoms with van der Waals surface area (Å²) in [6.45, 7) is 4.24. The van der Waals surface area contributed by atoms with E-state index in [1.807, 2.05) is 0 Å².